The number of anilines is 1. The Morgan fingerprint density at radius 2 is 1.77 bits per heavy atom. The molecule has 132 valence electrons. The molecule has 3 aromatic rings. The van der Waals surface area contributed by atoms with E-state index in [2.05, 4.69) is 15.6 Å². The van der Waals surface area contributed by atoms with Gasteiger partial charge in [-0.15, -0.1) is 0 Å². The average molecular weight is 345 g/mol. The van der Waals surface area contributed by atoms with Crippen molar-refractivity contribution in [1.29, 1.82) is 0 Å². The molecule has 0 aliphatic carbocycles. The molecule has 0 aliphatic rings. The molecule has 1 heterocycles. The Morgan fingerprint density at radius 3 is 2.50 bits per heavy atom. The molecule has 2 N–H and O–H groups in total. The maximum Gasteiger partial charge on any atom is 0.246 e. The zero-order valence-corrected chi connectivity index (χ0v) is 15.1. The van der Waals surface area contributed by atoms with E-state index in [1.165, 1.54) is 0 Å². The van der Waals surface area contributed by atoms with Crippen LogP contribution in [0.25, 0.3) is 0 Å². The molecule has 0 bridgehead atoms. The van der Waals surface area contributed by atoms with E-state index in [1.807, 2.05) is 80.6 Å². The first-order valence-electron chi connectivity index (χ1n) is 8.70. The van der Waals surface area contributed by atoms with Gasteiger partial charge in [-0.1, -0.05) is 48.5 Å². The summed E-state index contributed by atoms with van der Waals surface area (Å²) in [5.74, 6) is -0.0826. The minimum Gasteiger partial charge on any atom is -0.324 e. The maximum atomic E-state index is 13.0. The quantitative estimate of drug-likeness (QED) is 0.705. The molecule has 26 heavy (non-hydrogen) atoms. The zero-order chi connectivity index (χ0) is 18.4. The van der Waals surface area contributed by atoms with E-state index in [4.69, 9.17) is 0 Å². The topological polar surface area (TPSA) is 54.0 Å². The van der Waals surface area contributed by atoms with Crippen LogP contribution >= 0.6 is 0 Å². The molecule has 0 radical (unpaired) electrons. The van der Waals surface area contributed by atoms with Gasteiger partial charge in [-0.3, -0.25) is 15.1 Å². The number of amides is 1. The number of aromatic nitrogens is 1. The monoisotopic (exact) mass is 345 g/mol. The van der Waals surface area contributed by atoms with Crippen molar-refractivity contribution in [2.75, 3.05) is 5.32 Å². The van der Waals surface area contributed by atoms with E-state index in [1.54, 1.807) is 6.20 Å². The SMILES string of the molecule is Cc1ccc(C)c(NC(=O)[C@H](NCc2ccccn2)c2ccccc2)c1. The molecular formula is C22H23N3O. The van der Waals surface area contributed by atoms with Crippen LogP contribution in [-0.2, 0) is 11.3 Å². The molecule has 0 spiro atoms. The average Bonchev–Trinajstić information content (AvgIpc) is 2.66. The number of rotatable bonds is 6. The van der Waals surface area contributed by atoms with Crippen LogP contribution in [0.5, 0.6) is 0 Å². The molecule has 1 amide bonds. The van der Waals surface area contributed by atoms with Crippen LogP contribution < -0.4 is 10.6 Å². The van der Waals surface area contributed by atoms with Crippen LogP contribution in [-0.4, -0.2) is 10.9 Å². The highest BCUT2D eigenvalue weighted by atomic mass is 16.2. The van der Waals surface area contributed by atoms with Crippen LogP contribution in [0.3, 0.4) is 0 Å². The van der Waals surface area contributed by atoms with Crippen molar-refractivity contribution in [3.63, 3.8) is 0 Å². The van der Waals surface area contributed by atoms with Gasteiger partial charge in [-0.2, -0.15) is 0 Å². The van der Waals surface area contributed by atoms with Crippen molar-refractivity contribution < 1.29 is 4.79 Å². The van der Waals surface area contributed by atoms with Gasteiger partial charge >= 0.3 is 0 Å². The summed E-state index contributed by atoms with van der Waals surface area (Å²) < 4.78 is 0. The minimum atomic E-state index is -0.460. The second-order valence-electron chi connectivity index (χ2n) is 6.35. The van der Waals surface area contributed by atoms with Crippen molar-refractivity contribution in [3.8, 4) is 0 Å². The highest BCUT2D eigenvalue weighted by Crippen LogP contribution is 2.20. The third-order valence-electron chi connectivity index (χ3n) is 4.26. The Balaban J connectivity index is 1.80. The fourth-order valence-electron chi connectivity index (χ4n) is 2.79. The van der Waals surface area contributed by atoms with Crippen LogP contribution in [0.4, 0.5) is 5.69 Å². The first kappa shape index (κ1) is 17.8. The number of hydrogen-bond donors (Lipinski definition) is 2. The van der Waals surface area contributed by atoms with Gasteiger partial charge in [0.25, 0.3) is 0 Å². The van der Waals surface area contributed by atoms with Crippen molar-refractivity contribution >= 4 is 11.6 Å². The van der Waals surface area contributed by atoms with Crippen LogP contribution in [0.15, 0.2) is 72.9 Å². The van der Waals surface area contributed by atoms with Gasteiger partial charge in [0.1, 0.15) is 6.04 Å². The zero-order valence-electron chi connectivity index (χ0n) is 15.1. The number of nitrogens with one attached hydrogen (secondary N) is 2. The number of carbonyl (C=O) groups excluding carboxylic acids is 1. The number of hydrogen-bond acceptors (Lipinski definition) is 3. The Morgan fingerprint density at radius 1 is 1.00 bits per heavy atom. The molecule has 1 atom stereocenters. The van der Waals surface area contributed by atoms with Crippen molar-refractivity contribution in [3.05, 3.63) is 95.3 Å². The molecule has 0 fully saturated rings. The minimum absolute atomic E-state index is 0.0826. The van der Waals surface area contributed by atoms with Crippen molar-refractivity contribution in [2.24, 2.45) is 0 Å². The Kier molecular flexibility index (Phi) is 5.77. The second-order valence-corrected chi connectivity index (χ2v) is 6.35. The maximum absolute atomic E-state index is 13.0. The standard InChI is InChI=1S/C22H23N3O/c1-16-11-12-17(2)20(14-16)25-22(26)21(18-8-4-3-5-9-18)24-15-19-10-6-7-13-23-19/h3-14,21,24H,15H2,1-2H3,(H,25,26)/t21-/m1/s1. The first-order chi connectivity index (χ1) is 12.6. The molecule has 0 unspecified atom stereocenters. The summed E-state index contributed by atoms with van der Waals surface area (Å²) in [6.07, 6.45) is 1.75. The molecule has 2 aromatic carbocycles. The molecule has 3 rings (SSSR count). The molecule has 4 heteroatoms. The van der Waals surface area contributed by atoms with E-state index in [9.17, 15) is 4.79 Å². The van der Waals surface area contributed by atoms with Crippen LogP contribution in [0.2, 0.25) is 0 Å². The van der Waals surface area contributed by atoms with Crippen LogP contribution in [0.1, 0.15) is 28.4 Å². The summed E-state index contributed by atoms with van der Waals surface area (Å²) >= 11 is 0. The summed E-state index contributed by atoms with van der Waals surface area (Å²) in [6.45, 7) is 4.53. The number of benzene rings is 2. The summed E-state index contributed by atoms with van der Waals surface area (Å²) in [5, 5.41) is 6.40. The molecule has 0 saturated heterocycles. The summed E-state index contributed by atoms with van der Waals surface area (Å²) in [6, 6.07) is 21.1. The summed E-state index contributed by atoms with van der Waals surface area (Å²) in [4.78, 5) is 17.3. The molecule has 0 aliphatic heterocycles. The van der Waals surface area contributed by atoms with E-state index in [0.717, 1.165) is 28.1 Å². The van der Waals surface area contributed by atoms with E-state index >= 15 is 0 Å². The van der Waals surface area contributed by atoms with E-state index in [0.29, 0.717) is 6.54 Å². The van der Waals surface area contributed by atoms with Gasteiger partial charge in [0, 0.05) is 18.4 Å². The lowest BCUT2D eigenvalue weighted by molar-refractivity contribution is -0.118. The van der Waals surface area contributed by atoms with Gasteiger partial charge in [0.2, 0.25) is 5.91 Å². The highest BCUT2D eigenvalue weighted by molar-refractivity contribution is 5.96. The Labute approximate surface area is 154 Å². The van der Waals surface area contributed by atoms with Gasteiger partial charge in [0.05, 0.1) is 5.69 Å². The normalized spacial score (nSPS) is 11.8. The molecular weight excluding hydrogens is 322 g/mol. The predicted molar refractivity (Wildman–Crippen MR) is 105 cm³/mol. The highest BCUT2D eigenvalue weighted by Gasteiger charge is 2.20. The van der Waals surface area contributed by atoms with Gasteiger partial charge in [0.15, 0.2) is 0 Å². The molecule has 1 aromatic heterocycles. The smallest absolute Gasteiger partial charge is 0.246 e. The number of nitrogens with zero attached hydrogens (tertiary/aromatic N) is 1. The lowest BCUT2D eigenvalue weighted by Gasteiger charge is -2.20. The number of aryl methyl sites for hydroxylation is 2. The van der Waals surface area contributed by atoms with Crippen molar-refractivity contribution in [2.45, 2.75) is 26.4 Å². The summed E-state index contributed by atoms with van der Waals surface area (Å²) in [7, 11) is 0. The van der Waals surface area contributed by atoms with Gasteiger partial charge in [-0.25, -0.2) is 0 Å². The molecule has 0 saturated carbocycles. The lowest BCUT2D eigenvalue weighted by Crippen LogP contribution is -2.33. The van der Waals surface area contributed by atoms with E-state index < -0.39 is 6.04 Å². The summed E-state index contributed by atoms with van der Waals surface area (Å²) in [5.41, 5.74) is 4.82. The van der Waals surface area contributed by atoms with Gasteiger partial charge < -0.3 is 5.32 Å². The lowest BCUT2D eigenvalue weighted by atomic mass is 10.0. The second kappa shape index (κ2) is 8.41. The van der Waals surface area contributed by atoms with Crippen molar-refractivity contribution in [1.82, 2.24) is 10.3 Å². The Bertz CT molecular complexity index is 863. The van der Waals surface area contributed by atoms with Crippen LogP contribution in [0, 0.1) is 13.8 Å². The first-order valence-corrected chi connectivity index (χ1v) is 8.70. The van der Waals surface area contributed by atoms with Gasteiger partial charge in [-0.05, 0) is 48.7 Å². The predicted octanol–water partition coefficient (Wildman–Crippen LogP) is 4.17. The fourth-order valence-corrected chi connectivity index (χ4v) is 2.79. The fraction of sp³-hybridized carbons (Fsp3) is 0.182. The third-order valence-corrected chi connectivity index (χ3v) is 4.26. The van der Waals surface area contributed by atoms with E-state index in [-0.39, 0.29) is 5.91 Å². The largest absolute Gasteiger partial charge is 0.324 e. The number of carbonyl (C=O) groups is 1. The molecule has 4 nitrogen and oxygen atoms in total. The number of pyridine rings is 1. The third kappa shape index (κ3) is 4.55. The Hall–Kier alpha value is -2.98.